The number of aromatic nitrogens is 2. The van der Waals surface area contributed by atoms with E-state index in [-0.39, 0.29) is 17.5 Å². The van der Waals surface area contributed by atoms with Crippen LogP contribution in [0.3, 0.4) is 0 Å². The molecule has 0 aliphatic rings. The molecule has 0 radical (unpaired) electrons. The van der Waals surface area contributed by atoms with Gasteiger partial charge in [-0.2, -0.15) is 0 Å². The maximum Gasteiger partial charge on any atom is 0.253 e. The smallest absolute Gasteiger partial charge is 0.253 e. The van der Waals surface area contributed by atoms with Gasteiger partial charge < -0.3 is 15.5 Å². The summed E-state index contributed by atoms with van der Waals surface area (Å²) in [7, 11) is 0. The lowest BCUT2D eigenvalue weighted by Crippen LogP contribution is -2.17. The largest absolute Gasteiger partial charge is 0.383 e. The predicted octanol–water partition coefficient (Wildman–Crippen LogP) is 1.23. The molecule has 1 heterocycles. The average molecular weight is 211 g/mol. The zero-order valence-electron chi connectivity index (χ0n) is 9.12. The van der Waals surface area contributed by atoms with Gasteiger partial charge in [0, 0.05) is 12.7 Å². The molecule has 0 spiro atoms. The van der Waals surface area contributed by atoms with Crippen molar-refractivity contribution in [2.24, 2.45) is 0 Å². The molecule has 0 bridgehead atoms. The van der Waals surface area contributed by atoms with Gasteiger partial charge in [0.05, 0.1) is 0 Å². The Labute approximate surface area is 88.7 Å². The lowest BCUT2D eigenvalue weighted by atomic mass is 10.2. The fourth-order valence-corrected chi connectivity index (χ4v) is 1.41. The van der Waals surface area contributed by atoms with E-state index in [1.165, 1.54) is 6.07 Å². The number of anilines is 1. The number of nitrogens with one attached hydrogen (secondary N) is 1. The van der Waals surface area contributed by atoms with Gasteiger partial charge >= 0.3 is 0 Å². The number of nitrogens with zero attached hydrogens (tertiary/aromatic N) is 1. The summed E-state index contributed by atoms with van der Waals surface area (Å²) in [4.78, 5) is 17.9. The normalized spacial score (nSPS) is 12.7. The highest BCUT2D eigenvalue weighted by Gasteiger charge is 2.13. The number of rotatable bonds is 5. The van der Waals surface area contributed by atoms with Crippen molar-refractivity contribution in [1.82, 2.24) is 9.97 Å². The van der Waals surface area contributed by atoms with Crippen LogP contribution in [0, 0.1) is 0 Å². The molecule has 0 aromatic carbocycles. The van der Waals surface area contributed by atoms with Crippen LogP contribution in [-0.2, 0) is 4.74 Å². The van der Waals surface area contributed by atoms with Crippen molar-refractivity contribution in [3.63, 3.8) is 0 Å². The van der Waals surface area contributed by atoms with Gasteiger partial charge in [0.15, 0.2) is 0 Å². The Morgan fingerprint density at radius 2 is 2.33 bits per heavy atom. The highest BCUT2D eigenvalue weighted by atomic mass is 16.5. The van der Waals surface area contributed by atoms with Crippen molar-refractivity contribution >= 4 is 5.82 Å². The quantitative estimate of drug-likeness (QED) is 0.767. The summed E-state index contributed by atoms with van der Waals surface area (Å²) < 4.78 is 5.49. The second kappa shape index (κ2) is 5.50. The standard InChI is InChI=1S/C10H17N3O2/c1-3-5-7(15-4-2)10-12-8(11)6-9(14)13-10/h6-7H,3-5H2,1-2H3,(H3,11,12,13,14). The van der Waals surface area contributed by atoms with E-state index in [0.717, 1.165) is 12.8 Å². The van der Waals surface area contributed by atoms with Crippen LogP contribution >= 0.6 is 0 Å². The van der Waals surface area contributed by atoms with Crippen LogP contribution < -0.4 is 11.3 Å². The summed E-state index contributed by atoms with van der Waals surface area (Å²) in [5, 5.41) is 0. The first-order chi connectivity index (χ1) is 7.17. The molecule has 3 N–H and O–H groups in total. The van der Waals surface area contributed by atoms with E-state index in [4.69, 9.17) is 10.5 Å². The molecule has 15 heavy (non-hydrogen) atoms. The Kier molecular flexibility index (Phi) is 4.30. The molecule has 1 aromatic heterocycles. The van der Waals surface area contributed by atoms with Gasteiger partial charge in [-0.3, -0.25) is 4.79 Å². The third-order valence-electron chi connectivity index (χ3n) is 2.00. The SMILES string of the molecule is CCCC(OCC)c1nc(N)cc(=O)[nH]1. The summed E-state index contributed by atoms with van der Waals surface area (Å²) in [5.74, 6) is 0.748. The molecular weight excluding hydrogens is 194 g/mol. The Morgan fingerprint density at radius 3 is 2.87 bits per heavy atom. The van der Waals surface area contributed by atoms with Crippen molar-refractivity contribution in [3.05, 3.63) is 22.2 Å². The summed E-state index contributed by atoms with van der Waals surface area (Å²) in [5.41, 5.74) is 5.27. The number of H-pyrrole nitrogens is 1. The van der Waals surface area contributed by atoms with E-state index in [2.05, 4.69) is 16.9 Å². The highest BCUT2D eigenvalue weighted by molar-refractivity contribution is 5.25. The highest BCUT2D eigenvalue weighted by Crippen LogP contribution is 2.18. The van der Waals surface area contributed by atoms with Gasteiger partial charge in [-0.15, -0.1) is 0 Å². The predicted molar refractivity (Wildman–Crippen MR) is 58.5 cm³/mol. The van der Waals surface area contributed by atoms with Crippen LogP contribution in [0.1, 0.15) is 38.6 Å². The van der Waals surface area contributed by atoms with E-state index >= 15 is 0 Å². The molecule has 84 valence electrons. The lowest BCUT2D eigenvalue weighted by molar-refractivity contribution is 0.0493. The van der Waals surface area contributed by atoms with E-state index < -0.39 is 0 Å². The topological polar surface area (TPSA) is 81.0 Å². The summed E-state index contributed by atoms with van der Waals surface area (Å²) in [6.07, 6.45) is 1.61. The molecular formula is C10H17N3O2. The van der Waals surface area contributed by atoms with Gasteiger partial charge in [0.2, 0.25) is 0 Å². The molecule has 0 saturated heterocycles. The van der Waals surface area contributed by atoms with Crippen LogP contribution in [0.4, 0.5) is 5.82 Å². The van der Waals surface area contributed by atoms with Crippen molar-refractivity contribution in [3.8, 4) is 0 Å². The maximum absolute atomic E-state index is 11.2. The second-order valence-corrected chi connectivity index (χ2v) is 3.29. The van der Waals surface area contributed by atoms with Crippen molar-refractivity contribution in [2.75, 3.05) is 12.3 Å². The van der Waals surface area contributed by atoms with Crippen LogP contribution in [-0.4, -0.2) is 16.6 Å². The monoisotopic (exact) mass is 211 g/mol. The number of hydrogen-bond acceptors (Lipinski definition) is 4. The Bertz CT molecular complexity index is 356. The first-order valence-electron chi connectivity index (χ1n) is 5.15. The van der Waals surface area contributed by atoms with Crippen LogP contribution in [0.25, 0.3) is 0 Å². The summed E-state index contributed by atoms with van der Waals surface area (Å²) in [6, 6.07) is 1.26. The van der Waals surface area contributed by atoms with Crippen LogP contribution in [0.5, 0.6) is 0 Å². The summed E-state index contributed by atoms with van der Waals surface area (Å²) in [6.45, 7) is 4.55. The van der Waals surface area contributed by atoms with E-state index in [1.807, 2.05) is 6.92 Å². The van der Waals surface area contributed by atoms with Gasteiger partial charge in [-0.1, -0.05) is 13.3 Å². The zero-order valence-corrected chi connectivity index (χ0v) is 9.12. The van der Waals surface area contributed by atoms with E-state index in [9.17, 15) is 4.79 Å². The Balaban J connectivity index is 2.93. The van der Waals surface area contributed by atoms with E-state index in [0.29, 0.717) is 12.4 Å². The molecule has 0 aliphatic carbocycles. The fourth-order valence-electron chi connectivity index (χ4n) is 1.41. The molecule has 0 aliphatic heterocycles. The minimum Gasteiger partial charge on any atom is -0.383 e. The maximum atomic E-state index is 11.2. The molecule has 5 nitrogen and oxygen atoms in total. The Morgan fingerprint density at radius 1 is 1.60 bits per heavy atom. The number of hydrogen-bond donors (Lipinski definition) is 2. The van der Waals surface area contributed by atoms with Crippen molar-refractivity contribution < 1.29 is 4.74 Å². The van der Waals surface area contributed by atoms with Gasteiger partial charge in [-0.25, -0.2) is 4.98 Å². The molecule has 1 atom stereocenters. The van der Waals surface area contributed by atoms with Crippen molar-refractivity contribution in [2.45, 2.75) is 32.8 Å². The number of nitrogens with two attached hydrogens (primary N) is 1. The molecule has 0 amide bonds. The van der Waals surface area contributed by atoms with Gasteiger partial charge in [0.1, 0.15) is 17.7 Å². The first kappa shape index (κ1) is 11.7. The number of ether oxygens (including phenoxy) is 1. The number of aromatic amines is 1. The van der Waals surface area contributed by atoms with Crippen molar-refractivity contribution in [1.29, 1.82) is 0 Å². The third-order valence-corrected chi connectivity index (χ3v) is 2.00. The average Bonchev–Trinajstić information content (AvgIpc) is 2.16. The summed E-state index contributed by atoms with van der Waals surface area (Å²) >= 11 is 0. The molecule has 1 aromatic rings. The van der Waals surface area contributed by atoms with Gasteiger partial charge in [-0.05, 0) is 13.3 Å². The number of nitrogen functional groups attached to an aromatic ring is 1. The lowest BCUT2D eigenvalue weighted by Gasteiger charge is -2.15. The minimum absolute atomic E-state index is 0.170. The molecule has 0 fully saturated rings. The third kappa shape index (κ3) is 3.36. The molecule has 1 unspecified atom stereocenters. The Hall–Kier alpha value is -1.36. The minimum atomic E-state index is -0.238. The van der Waals surface area contributed by atoms with E-state index in [1.54, 1.807) is 0 Å². The zero-order chi connectivity index (χ0) is 11.3. The fraction of sp³-hybridized carbons (Fsp3) is 0.600. The molecule has 5 heteroatoms. The van der Waals surface area contributed by atoms with Crippen LogP contribution in [0.15, 0.2) is 10.9 Å². The molecule has 1 rings (SSSR count). The van der Waals surface area contributed by atoms with Gasteiger partial charge in [0.25, 0.3) is 5.56 Å². The van der Waals surface area contributed by atoms with Crippen LogP contribution in [0.2, 0.25) is 0 Å². The molecule has 0 saturated carbocycles. The first-order valence-corrected chi connectivity index (χ1v) is 5.15. The second-order valence-electron chi connectivity index (χ2n) is 3.29.